The van der Waals surface area contributed by atoms with E-state index < -0.39 is 0 Å². The van der Waals surface area contributed by atoms with Crippen molar-refractivity contribution in [2.75, 3.05) is 35.6 Å². The summed E-state index contributed by atoms with van der Waals surface area (Å²) in [5.74, 6) is 0.465. The van der Waals surface area contributed by atoms with Crippen LogP contribution >= 0.6 is 0 Å². The highest BCUT2D eigenvalue weighted by molar-refractivity contribution is 5.97. The molecule has 0 aromatic heterocycles. The van der Waals surface area contributed by atoms with Crippen molar-refractivity contribution in [2.45, 2.75) is 52.4 Å². The Morgan fingerprint density at radius 1 is 0.882 bits per heavy atom. The Hall–Kier alpha value is -3.35. The zero-order valence-electron chi connectivity index (χ0n) is 20.2. The summed E-state index contributed by atoms with van der Waals surface area (Å²) in [5.41, 5.74) is 2.62. The molecule has 1 fully saturated rings. The van der Waals surface area contributed by atoms with E-state index in [0.717, 1.165) is 50.9 Å². The number of hydrogen-bond acceptors (Lipinski definition) is 4. The fourth-order valence-electron chi connectivity index (χ4n) is 3.98. The van der Waals surface area contributed by atoms with E-state index in [0.29, 0.717) is 29.3 Å². The van der Waals surface area contributed by atoms with Crippen LogP contribution in [0.4, 0.5) is 17.1 Å². The molecule has 1 aliphatic rings. The summed E-state index contributed by atoms with van der Waals surface area (Å²) in [6.45, 7) is 5.96. The maximum Gasteiger partial charge on any atom is 0.253 e. The number of nitrogens with zero attached hydrogens (tertiary/aromatic N) is 1. The topological polar surface area (TPSA) is 90.5 Å². The first-order valence-electron chi connectivity index (χ1n) is 12.3. The summed E-state index contributed by atoms with van der Waals surface area (Å²) in [6.07, 6.45) is 5.54. The summed E-state index contributed by atoms with van der Waals surface area (Å²) in [7, 11) is 0. The lowest BCUT2D eigenvalue weighted by Gasteiger charge is -2.30. The molecule has 1 heterocycles. The van der Waals surface area contributed by atoms with Crippen LogP contribution in [0.1, 0.15) is 62.7 Å². The van der Waals surface area contributed by atoms with Gasteiger partial charge in [0, 0.05) is 42.1 Å². The molecule has 0 radical (unpaired) electrons. The van der Waals surface area contributed by atoms with Crippen LogP contribution in [0.5, 0.6) is 0 Å². The minimum atomic E-state index is -0.215. The van der Waals surface area contributed by atoms with E-state index in [1.54, 1.807) is 30.3 Å². The summed E-state index contributed by atoms with van der Waals surface area (Å²) in [4.78, 5) is 39.2. The number of piperidine rings is 1. The molecule has 0 spiro atoms. The number of rotatable bonds is 10. The van der Waals surface area contributed by atoms with Crippen molar-refractivity contribution < 1.29 is 14.4 Å². The van der Waals surface area contributed by atoms with Crippen molar-refractivity contribution in [3.63, 3.8) is 0 Å². The molecule has 0 bridgehead atoms. The molecule has 1 aliphatic heterocycles. The average molecular weight is 465 g/mol. The van der Waals surface area contributed by atoms with Crippen molar-refractivity contribution >= 4 is 34.8 Å². The Morgan fingerprint density at radius 3 is 2.24 bits per heavy atom. The highest BCUT2D eigenvalue weighted by atomic mass is 16.2. The van der Waals surface area contributed by atoms with E-state index in [1.165, 1.54) is 0 Å². The van der Waals surface area contributed by atoms with Crippen molar-refractivity contribution in [2.24, 2.45) is 5.92 Å². The maximum absolute atomic E-state index is 12.8. The third kappa shape index (κ3) is 7.90. The SMILES string of the molecule is CCCCCC(=O)Nc1cccc(NC(=O)CNc2cccc(C(=O)N3CCC(C)CC3)c2)c1. The number of anilines is 3. The number of benzene rings is 2. The molecule has 7 heteroatoms. The molecule has 3 rings (SSSR count). The lowest BCUT2D eigenvalue weighted by atomic mass is 9.98. The molecule has 0 unspecified atom stereocenters. The summed E-state index contributed by atoms with van der Waals surface area (Å²) < 4.78 is 0. The Labute approximate surface area is 202 Å². The fraction of sp³-hybridized carbons (Fsp3) is 0.444. The average Bonchev–Trinajstić information content (AvgIpc) is 2.83. The predicted molar refractivity (Wildman–Crippen MR) is 137 cm³/mol. The second-order valence-electron chi connectivity index (χ2n) is 9.04. The van der Waals surface area contributed by atoms with Crippen molar-refractivity contribution in [3.05, 3.63) is 54.1 Å². The van der Waals surface area contributed by atoms with Gasteiger partial charge in [-0.2, -0.15) is 0 Å². The van der Waals surface area contributed by atoms with E-state index in [4.69, 9.17) is 0 Å². The van der Waals surface area contributed by atoms with E-state index in [9.17, 15) is 14.4 Å². The lowest BCUT2D eigenvalue weighted by molar-refractivity contribution is -0.116. The highest BCUT2D eigenvalue weighted by Crippen LogP contribution is 2.20. The monoisotopic (exact) mass is 464 g/mol. The molecular formula is C27H36N4O3. The number of unbranched alkanes of at least 4 members (excludes halogenated alkanes) is 2. The summed E-state index contributed by atoms with van der Waals surface area (Å²) in [5, 5.41) is 8.81. The Kier molecular flexibility index (Phi) is 9.50. The molecule has 1 saturated heterocycles. The van der Waals surface area contributed by atoms with E-state index in [1.807, 2.05) is 23.1 Å². The van der Waals surface area contributed by atoms with Crippen LogP contribution in [0.15, 0.2) is 48.5 Å². The Balaban J connectivity index is 1.49. The van der Waals surface area contributed by atoms with E-state index in [-0.39, 0.29) is 24.3 Å². The molecule has 7 nitrogen and oxygen atoms in total. The van der Waals surface area contributed by atoms with Gasteiger partial charge in [-0.1, -0.05) is 38.8 Å². The first kappa shape index (κ1) is 25.3. The van der Waals surface area contributed by atoms with E-state index >= 15 is 0 Å². The third-order valence-electron chi connectivity index (χ3n) is 6.07. The number of likely N-dealkylation sites (tertiary alicyclic amines) is 1. The zero-order chi connectivity index (χ0) is 24.3. The molecule has 182 valence electrons. The standard InChI is InChI=1S/C27H36N4O3/c1-3-4-5-12-25(32)29-23-10-7-11-24(18-23)30-26(33)19-28-22-9-6-8-21(17-22)27(34)31-15-13-20(2)14-16-31/h6-11,17-18,20,28H,3-5,12-16,19H2,1-2H3,(H,29,32)(H,30,33). The van der Waals surface area contributed by atoms with Crippen LogP contribution in [0.2, 0.25) is 0 Å². The number of carbonyl (C=O) groups is 3. The largest absolute Gasteiger partial charge is 0.376 e. The lowest BCUT2D eigenvalue weighted by Crippen LogP contribution is -2.37. The Bertz CT molecular complexity index is 983. The third-order valence-corrected chi connectivity index (χ3v) is 6.07. The molecule has 0 saturated carbocycles. The fourth-order valence-corrected chi connectivity index (χ4v) is 3.98. The highest BCUT2D eigenvalue weighted by Gasteiger charge is 2.21. The predicted octanol–water partition coefficient (Wildman–Crippen LogP) is 5.13. The van der Waals surface area contributed by atoms with Gasteiger partial charge in [-0.25, -0.2) is 0 Å². The summed E-state index contributed by atoms with van der Waals surface area (Å²) in [6, 6.07) is 14.4. The molecule has 0 aliphatic carbocycles. The van der Waals surface area contributed by atoms with Gasteiger partial charge in [0.1, 0.15) is 0 Å². The van der Waals surface area contributed by atoms with Gasteiger partial charge in [0.15, 0.2) is 0 Å². The van der Waals surface area contributed by atoms with Gasteiger partial charge in [-0.3, -0.25) is 14.4 Å². The molecule has 0 atom stereocenters. The van der Waals surface area contributed by atoms with Gasteiger partial charge < -0.3 is 20.9 Å². The van der Waals surface area contributed by atoms with Crippen LogP contribution < -0.4 is 16.0 Å². The maximum atomic E-state index is 12.8. The first-order valence-corrected chi connectivity index (χ1v) is 12.3. The minimum Gasteiger partial charge on any atom is -0.376 e. The second kappa shape index (κ2) is 12.8. The molecule has 3 amide bonds. The van der Waals surface area contributed by atoms with Gasteiger partial charge in [0.2, 0.25) is 11.8 Å². The minimum absolute atomic E-state index is 0.0212. The van der Waals surface area contributed by atoms with Crippen LogP contribution in [-0.2, 0) is 9.59 Å². The van der Waals surface area contributed by atoms with Gasteiger partial charge in [0.25, 0.3) is 5.91 Å². The number of carbonyl (C=O) groups excluding carboxylic acids is 3. The first-order chi connectivity index (χ1) is 16.4. The molecule has 3 N–H and O–H groups in total. The van der Waals surface area contributed by atoms with Crippen LogP contribution in [-0.4, -0.2) is 42.3 Å². The molecule has 34 heavy (non-hydrogen) atoms. The van der Waals surface area contributed by atoms with Crippen LogP contribution in [0.3, 0.4) is 0 Å². The van der Waals surface area contributed by atoms with Crippen LogP contribution in [0.25, 0.3) is 0 Å². The Morgan fingerprint density at radius 2 is 1.53 bits per heavy atom. The summed E-state index contributed by atoms with van der Waals surface area (Å²) >= 11 is 0. The number of hydrogen-bond donors (Lipinski definition) is 3. The number of nitrogens with one attached hydrogen (secondary N) is 3. The van der Waals surface area contributed by atoms with Crippen molar-refractivity contribution in [1.82, 2.24) is 4.90 Å². The van der Waals surface area contributed by atoms with Gasteiger partial charge in [0.05, 0.1) is 6.54 Å². The van der Waals surface area contributed by atoms with Crippen LogP contribution in [0, 0.1) is 5.92 Å². The number of amides is 3. The smallest absolute Gasteiger partial charge is 0.253 e. The van der Waals surface area contributed by atoms with E-state index in [2.05, 4.69) is 29.8 Å². The normalized spacial score (nSPS) is 13.9. The van der Waals surface area contributed by atoms with Gasteiger partial charge >= 0.3 is 0 Å². The second-order valence-corrected chi connectivity index (χ2v) is 9.04. The molecule has 2 aromatic carbocycles. The molecule has 2 aromatic rings. The van der Waals surface area contributed by atoms with Crippen molar-refractivity contribution in [1.29, 1.82) is 0 Å². The van der Waals surface area contributed by atoms with Gasteiger partial charge in [-0.15, -0.1) is 0 Å². The van der Waals surface area contributed by atoms with Crippen molar-refractivity contribution in [3.8, 4) is 0 Å². The molecular weight excluding hydrogens is 428 g/mol. The zero-order valence-corrected chi connectivity index (χ0v) is 20.2. The van der Waals surface area contributed by atoms with Gasteiger partial charge in [-0.05, 0) is 61.6 Å². The quantitative estimate of drug-likeness (QED) is 0.425.